The molecule has 16 aromatic rings. The van der Waals surface area contributed by atoms with Gasteiger partial charge in [-0.3, -0.25) is 9.59 Å². The maximum atomic E-state index is 13.2. The second kappa shape index (κ2) is 23.9. The zero-order valence-electron chi connectivity index (χ0n) is 48.3. The molecule has 12 aromatic carbocycles. The smallest absolute Gasteiger partial charge is 0.200 e. The summed E-state index contributed by atoms with van der Waals surface area (Å²) < 4.78 is 12.2. The van der Waals surface area contributed by atoms with E-state index >= 15 is 0 Å². The van der Waals surface area contributed by atoms with Crippen molar-refractivity contribution in [2.45, 2.75) is 0 Å². The van der Waals surface area contributed by atoms with Crippen molar-refractivity contribution in [1.29, 1.82) is 0 Å². The van der Waals surface area contributed by atoms with Gasteiger partial charge in [0.1, 0.15) is 22.3 Å². The first kappa shape index (κ1) is 54.3. The minimum absolute atomic E-state index is 0.0235. The van der Waals surface area contributed by atoms with E-state index in [2.05, 4.69) is 84.9 Å². The molecule has 0 saturated carbocycles. The van der Waals surface area contributed by atoms with Crippen LogP contribution in [0.25, 0.3) is 156 Å². The predicted molar refractivity (Wildman–Crippen MR) is 363 cm³/mol. The molecule has 0 amide bonds. The molecular weight excluding hydrogens is 1110 g/mol. The van der Waals surface area contributed by atoms with E-state index < -0.39 is 0 Å². The maximum absolute atomic E-state index is 13.2. The van der Waals surface area contributed by atoms with Gasteiger partial charge in [-0.2, -0.15) is 0 Å². The predicted octanol–water partition coefficient (Wildman–Crippen LogP) is 19.5. The van der Waals surface area contributed by atoms with Gasteiger partial charge in [0.25, 0.3) is 0 Å². The van der Waals surface area contributed by atoms with Crippen LogP contribution < -0.4 is 10.9 Å². The van der Waals surface area contributed by atoms with Gasteiger partial charge < -0.3 is 8.83 Å². The molecule has 0 aliphatic heterocycles. The highest BCUT2D eigenvalue weighted by atomic mass is 16.3. The third kappa shape index (κ3) is 10.8. The molecule has 0 atom stereocenters. The number of hydrogen-bond acceptors (Lipinski definition) is 9. The Balaban J connectivity index is 0.000000150. The molecule has 0 saturated heterocycles. The topological polar surface area (TPSA) is 125 Å². The van der Waals surface area contributed by atoms with Gasteiger partial charge in [-0.25, -0.2) is 24.9 Å². The van der Waals surface area contributed by atoms with E-state index in [1.54, 1.807) is 12.1 Å². The van der Waals surface area contributed by atoms with Crippen LogP contribution in [0.15, 0.2) is 328 Å². The highest BCUT2D eigenvalue weighted by Crippen LogP contribution is 2.40. The van der Waals surface area contributed by atoms with E-state index in [4.69, 9.17) is 33.8 Å². The van der Waals surface area contributed by atoms with E-state index in [-0.39, 0.29) is 10.9 Å². The van der Waals surface area contributed by atoms with Crippen LogP contribution in [0.4, 0.5) is 0 Å². The van der Waals surface area contributed by atoms with Crippen molar-refractivity contribution in [3.63, 3.8) is 0 Å². The monoisotopic (exact) mass is 1160 g/mol. The molecule has 4 aromatic heterocycles. The third-order valence-electron chi connectivity index (χ3n) is 16.1. The average Bonchev–Trinajstić information content (AvgIpc) is 1.19. The second-order valence-electron chi connectivity index (χ2n) is 21.8. The van der Waals surface area contributed by atoms with Gasteiger partial charge >= 0.3 is 0 Å². The number of benzene rings is 12. The molecule has 9 nitrogen and oxygen atoms in total. The summed E-state index contributed by atoms with van der Waals surface area (Å²) in [7, 11) is 0. The summed E-state index contributed by atoms with van der Waals surface area (Å²) in [4.78, 5) is 51.2. The van der Waals surface area contributed by atoms with Crippen molar-refractivity contribution in [3.05, 3.63) is 330 Å². The summed E-state index contributed by atoms with van der Waals surface area (Å²) in [5, 5.41) is 2.30. The van der Waals surface area contributed by atoms with Crippen LogP contribution in [-0.2, 0) is 0 Å². The van der Waals surface area contributed by atoms with Gasteiger partial charge in [-0.1, -0.05) is 249 Å². The van der Waals surface area contributed by atoms with E-state index in [9.17, 15) is 9.59 Å². The second-order valence-corrected chi connectivity index (χ2v) is 21.8. The molecule has 9 heteroatoms. The first-order valence-corrected chi connectivity index (χ1v) is 29.6. The van der Waals surface area contributed by atoms with Crippen LogP contribution in [0.5, 0.6) is 0 Å². The molecule has 0 bridgehead atoms. The number of hydrogen-bond donors (Lipinski definition) is 0. The van der Waals surface area contributed by atoms with Gasteiger partial charge in [0.15, 0.2) is 23.3 Å². The lowest BCUT2D eigenvalue weighted by Gasteiger charge is -2.15. The molecule has 424 valence electrons. The Bertz CT molecular complexity index is 5350. The van der Waals surface area contributed by atoms with Gasteiger partial charge in [-0.15, -0.1) is 0 Å². The number of nitrogens with zero attached hydrogens (tertiary/aromatic N) is 5. The van der Waals surface area contributed by atoms with Crippen molar-refractivity contribution in [3.8, 4) is 113 Å². The standard InChI is InChI=1S/C41H26N2O2.C40H25N3O2/c44-40-34-21-11-12-22-38(34)45-39-25-29(23-24-35(39)40)30-17-7-8-18-31(30)32-19-9-10-20-33(32)41-42-36(27-13-3-1-4-14-27)26-37(43-41)28-15-5-2-6-16-28;44-37-33-16-7-8-17-35(33)45-36-23-22-32(25-34(36)37)31-15-9-14-30(24-31)26-18-20-29(21-19-26)40-42-38(27-10-3-1-4-11-27)41-39(43-40)28-12-5-2-6-13-28/h1-26H;1-25H. The molecule has 0 unspecified atom stereocenters. The summed E-state index contributed by atoms with van der Waals surface area (Å²) >= 11 is 0. The van der Waals surface area contributed by atoms with Gasteiger partial charge in [-0.05, 0) is 105 Å². The number of aromatic nitrogens is 5. The molecule has 0 N–H and O–H groups in total. The minimum Gasteiger partial charge on any atom is -0.456 e. The molecule has 4 heterocycles. The Morgan fingerprint density at radius 1 is 0.200 bits per heavy atom. The van der Waals surface area contributed by atoms with E-state index in [1.807, 2.05) is 212 Å². The van der Waals surface area contributed by atoms with Crippen molar-refractivity contribution < 1.29 is 8.83 Å². The molecule has 0 spiro atoms. The summed E-state index contributed by atoms with van der Waals surface area (Å²) in [6.45, 7) is 0. The van der Waals surface area contributed by atoms with Gasteiger partial charge in [0.2, 0.25) is 10.9 Å². The van der Waals surface area contributed by atoms with Crippen molar-refractivity contribution >= 4 is 43.9 Å². The molecular formula is C81H51N5O4. The SMILES string of the molecule is O=c1c2ccccc2oc2cc(-c3ccccc3-c3ccccc3-c3nc(-c4ccccc4)cc(-c4ccccc4)n3)ccc12.O=c1c2ccccc2oc2ccc(-c3cccc(-c4ccc(-c5nc(-c6ccccc6)nc(-c6ccccc6)n5)cc4)c3)cc12. The largest absolute Gasteiger partial charge is 0.456 e. The minimum atomic E-state index is -0.0262. The Hall–Kier alpha value is -12.3. The Kier molecular flexibility index (Phi) is 14.4. The van der Waals surface area contributed by atoms with E-state index in [0.29, 0.717) is 67.2 Å². The van der Waals surface area contributed by atoms with E-state index in [1.165, 1.54) is 0 Å². The zero-order chi connectivity index (χ0) is 60.3. The van der Waals surface area contributed by atoms with Crippen LogP contribution in [0.1, 0.15) is 0 Å². The van der Waals surface area contributed by atoms with Crippen LogP contribution in [0.2, 0.25) is 0 Å². The molecule has 0 radical (unpaired) electrons. The van der Waals surface area contributed by atoms with Gasteiger partial charge in [0.05, 0.1) is 32.9 Å². The summed E-state index contributed by atoms with van der Waals surface area (Å²) in [5.41, 5.74) is 17.9. The third-order valence-corrected chi connectivity index (χ3v) is 16.1. The highest BCUT2D eigenvalue weighted by molar-refractivity contribution is 5.96. The fourth-order valence-corrected chi connectivity index (χ4v) is 11.5. The lowest BCUT2D eigenvalue weighted by molar-refractivity contribution is 0.659. The summed E-state index contributed by atoms with van der Waals surface area (Å²) in [6, 6.07) is 102. The summed E-state index contributed by atoms with van der Waals surface area (Å²) in [6.07, 6.45) is 0. The normalized spacial score (nSPS) is 11.2. The van der Waals surface area contributed by atoms with E-state index in [0.717, 1.165) is 89.3 Å². The quantitative estimate of drug-likeness (QED) is 0.123. The van der Waals surface area contributed by atoms with Crippen LogP contribution in [0, 0.1) is 0 Å². The first-order valence-electron chi connectivity index (χ1n) is 29.6. The molecule has 16 rings (SSSR count). The fraction of sp³-hybridized carbons (Fsp3) is 0. The fourth-order valence-electron chi connectivity index (χ4n) is 11.5. The lowest BCUT2D eigenvalue weighted by atomic mass is 9.91. The van der Waals surface area contributed by atoms with Crippen molar-refractivity contribution in [1.82, 2.24) is 24.9 Å². The molecule has 0 aliphatic carbocycles. The Morgan fingerprint density at radius 3 is 1.13 bits per heavy atom. The Labute approximate surface area is 517 Å². The van der Waals surface area contributed by atoms with Gasteiger partial charge in [0, 0.05) is 33.4 Å². The maximum Gasteiger partial charge on any atom is 0.200 e. The molecule has 0 fully saturated rings. The number of para-hydroxylation sites is 2. The highest BCUT2D eigenvalue weighted by Gasteiger charge is 2.19. The van der Waals surface area contributed by atoms with Crippen molar-refractivity contribution in [2.24, 2.45) is 0 Å². The molecule has 90 heavy (non-hydrogen) atoms. The lowest BCUT2D eigenvalue weighted by Crippen LogP contribution is -2.01. The van der Waals surface area contributed by atoms with Crippen molar-refractivity contribution in [2.75, 3.05) is 0 Å². The number of rotatable bonds is 10. The summed E-state index contributed by atoms with van der Waals surface area (Å²) in [5.74, 6) is 2.53. The number of fused-ring (bicyclic) bond motifs is 4. The average molecular weight is 1160 g/mol. The Morgan fingerprint density at radius 2 is 0.567 bits per heavy atom. The first-order chi connectivity index (χ1) is 44.4. The van der Waals surface area contributed by atoms with Crippen LogP contribution in [0.3, 0.4) is 0 Å². The molecule has 0 aliphatic rings. The van der Waals surface area contributed by atoms with Crippen LogP contribution in [-0.4, -0.2) is 24.9 Å². The van der Waals surface area contributed by atoms with Crippen LogP contribution >= 0.6 is 0 Å². The zero-order valence-corrected chi connectivity index (χ0v) is 48.3.